The molecule has 1 nitrogen and oxygen atoms in total. The van der Waals surface area contributed by atoms with Crippen molar-refractivity contribution in [3.8, 4) is 0 Å². The topological polar surface area (TPSA) is 13.1 Å². The van der Waals surface area contributed by atoms with Crippen molar-refractivity contribution in [1.29, 1.82) is 0 Å². The van der Waals surface area contributed by atoms with Gasteiger partial charge in [0.15, 0.2) is 0 Å². The van der Waals surface area contributed by atoms with Crippen LogP contribution in [-0.4, -0.2) is 0 Å². The summed E-state index contributed by atoms with van der Waals surface area (Å²) < 4.78 is 5.48. The molecule has 0 fully saturated rings. The molecule has 82 valence electrons. The smallest absolute Gasteiger partial charge is 0.137 e. The number of benzene rings is 1. The molecule has 0 radical (unpaired) electrons. The fraction of sp³-hybridized carbons (Fsp3) is 0.429. The van der Waals surface area contributed by atoms with Gasteiger partial charge in [-0.3, -0.25) is 0 Å². The molecule has 0 N–H and O–H groups in total. The molecule has 1 aromatic carbocycles. The van der Waals surface area contributed by atoms with Gasteiger partial charge in [0, 0.05) is 10.9 Å². The normalized spacial score (nSPS) is 11.0. The van der Waals surface area contributed by atoms with Crippen molar-refractivity contribution in [3.63, 3.8) is 0 Å². The van der Waals surface area contributed by atoms with E-state index < -0.39 is 0 Å². The van der Waals surface area contributed by atoms with Crippen LogP contribution in [0.4, 0.5) is 0 Å². The van der Waals surface area contributed by atoms with Gasteiger partial charge in [0.1, 0.15) is 5.58 Å². The Bertz CT molecular complexity index is 418. The van der Waals surface area contributed by atoms with Crippen molar-refractivity contribution in [1.82, 2.24) is 0 Å². The third-order valence-corrected chi connectivity index (χ3v) is 2.29. The zero-order chi connectivity index (χ0) is 11.5. The quantitative estimate of drug-likeness (QED) is 0.603. The molecule has 0 spiro atoms. The molecule has 1 heteroatoms. The van der Waals surface area contributed by atoms with E-state index in [0.717, 1.165) is 5.58 Å². The van der Waals surface area contributed by atoms with E-state index in [1.54, 1.807) is 6.26 Å². The number of rotatable bonds is 0. The van der Waals surface area contributed by atoms with Crippen LogP contribution in [0.5, 0.6) is 0 Å². The second-order valence-electron chi connectivity index (χ2n) is 4.39. The Morgan fingerprint density at radius 2 is 1.67 bits per heavy atom. The minimum atomic E-state index is 0.150. The highest BCUT2D eigenvalue weighted by Gasteiger charge is 2.17. The summed E-state index contributed by atoms with van der Waals surface area (Å²) >= 11 is 0. The lowest BCUT2D eigenvalue weighted by molar-refractivity contribution is 0.559. The largest absolute Gasteiger partial charge is 0.464 e. The second kappa shape index (κ2) is 4.52. The monoisotopic (exact) mass is 204 g/mol. The summed E-state index contributed by atoms with van der Waals surface area (Å²) in [6, 6.07) is 8.29. The van der Waals surface area contributed by atoms with E-state index in [1.165, 1.54) is 10.9 Å². The first-order valence-corrected chi connectivity index (χ1v) is 5.56. The molecular formula is C14H20O. The van der Waals surface area contributed by atoms with Crippen LogP contribution in [0.3, 0.4) is 0 Å². The number of furan rings is 1. The van der Waals surface area contributed by atoms with E-state index in [9.17, 15) is 0 Å². The summed E-state index contributed by atoms with van der Waals surface area (Å²) in [7, 11) is 0. The highest BCUT2D eigenvalue weighted by atomic mass is 16.3. The summed E-state index contributed by atoms with van der Waals surface area (Å²) in [6.45, 7) is 10.6. The Morgan fingerprint density at radius 1 is 1.00 bits per heavy atom. The second-order valence-corrected chi connectivity index (χ2v) is 4.39. The van der Waals surface area contributed by atoms with Crippen LogP contribution in [0.2, 0.25) is 0 Å². The molecule has 0 saturated carbocycles. The molecule has 2 aromatic rings. The van der Waals surface area contributed by atoms with E-state index in [2.05, 4.69) is 39.0 Å². The van der Waals surface area contributed by atoms with Crippen LogP contribution in [0, 0.1) is 0 Å². The van der Waals surface area contributed by atoms with Crippen molar-refractivity contribution < 1.29 is 4.42 Å². The maximum Gasteiger partial charge on any atom is 0.137 e. The predicted octanol–water partition coefficient (Wildman–Crippen LogP) is 4.76. The van der Waals surface area contributed by atoms with E-state index >= 15 is 0 Å². The minimum Gasteiger partial charge on any atom is -0.464 e. The molecule has 1 heterocycles. The molecule has 1 aromatic heterocycles. The Kier molecular flexibility index (Phi) is 3.57. The fourth-order valence-corrected chi connectivity index (χ4v) is 1.58. The zero-order valence-electron chi connectivity index (χ0n) is 10.3. The number of para-hydroxylation sites is 1. The van der Waals surface area contributed by atoms with Crippen LogP contribution in [0.1, 0.15) is 40.2 Å². The van der Waals surface area contributed by atoms with Gasteiger partial charge in [0.05, 0.1) is 6.26 Å². The van der Waals surface area contributed by atoms with Crippen molar-refractivity contribution in [2.24, 2.45) is 0 Å². The summed E-state index contributed by atoms with van der Waals surface area (Å²) in [5.41, 5.74) is 2.45. The van der Waals surface area contributed by atoms with Gasteiger partial charge in [0.25, 0.3) is 0 Å². The van der Waals surface area contributed by atoms with Crippen LogP contribution in [0.25, 0.3) is 11.0 Å². The van der Waals surface area contributed by atoms with Gasteiger partial charge in [-0.05, 0) is 11.5 Å². The van der Waals surface area contributed by atoms with Crippen molar-refractivity contribution in [2.45, 2.75) is 40.0 Å². The lowest BCUT2D eigenvalue weighted by atomic mass is 9.86. The van der Waals surface area contributed by atoms with Crippen LogP contribution in [0.15, 0.2) is 34.9 Å². The molecule has 0 unspecified atom stereocenters. The molecule has 0 aliphatic heterocycles. The number of hydrogen-bond acceptors (Lipinski definition) is 1. The van der Waals surface area contributed by atoms with Crippen molar-refractivity contribution in [3.05, 3.63) is 36.1 Å². The van der Waals surface area contributed by atoms with Gasteiger partial charge in [-0.15, -0.1) is 0 Å². The minimum absolute atomic E-state index is 0.150. The van der Waals surface area contributed by atoms with Crippen LogP contribution >= 0.6 is 0 Å². The SMILES string of the molecule is CC.CC(C)(C)c1cccc2ccoc12. The fourth-order valence-electron chi connectivity index (χ4n) is 1.58. The molecule has 0 amide bonds. The summed E-state index contributed by atoms with van der Waals surface area (Å²) in [4.78, 5) is 0. The summed E-state index contributed by atoms with van der Waals surface area (Å²) in [5, 5.41) is 1.19. The first-order chi connectivity index (χ1) is 7.09. The molecule has 0 aliphatic rings. The molecule has 15 heavy (non-hydrogen) atoms. The average Bonchev–Trinajstić information content (AvgIpc) is 2.66. The Morgan fingerprint density at radius 3 is 2.27 bits per heavy atom. The lowest BCUT2D eigenvalue weighted by Gasteiger charge is -2.18. The van der Waals surface area contributed by atoms with Gasteiger partial charge in [-0.2, -0.15) is 0 Å². The highest BCUT2D eigenvalue weighted by molar-refractivity contribution is 5.81. The molecule has 0 aliphatic carbocycles. The molecule has 0 saturated heterocycles. The van der Waals surface area contributed by atoms with E-state index in [0.29, 0.717) is 0 Å². The first-order valence-electron chi connectivity index (χ1n) is 5.56. The van der Waals surface area contributed by atoms with Gasteiger partial charge in [-0.25, -0.2) is 0 Å². The highest BCUT2D eigenvalue weighted by Crippen LogP contribution is 2.30. The molecule has 0 bridgehead atoms. The zero-order valence-corrected chi connectivity index (χ0v) is 10.3. The summed E-state index contributed by atoms with van der Waals surface area (Å²) in [5.74, 6) is 0. The van der Waals surface area contributed by atoms with Crippen molar-refractivity contribution >= 4 is 11.0 Å². The van der Waals surface area contributed by atoms with Gasteiger partial charge < -0.3 is 4.42 Å². The molecule has 2 rings (SSSR count). The third kappa shape index (κ3) is 2.41. The van der Waals surface area contributed by atoms with E-state index in [4.69, 9.17) is 4.42 Å². The Labute approximate surface area is 92.1 Å². The Balaban J connectivity index is 0.000000531. The van der Waals surface area contributed by atoms with E-state index in [1.807, 2.05) is 19.9 Å². The molecule has 0 atom stereocenters. The first kappa shape index (κ1) is 11.8. The van der Waals surface area contributed by atoms with Gasteiger partial charge in [0.2, 0.25) is 0 Å². The Hall–Kier alpha value is -1.24. The average molecular weight is 204 g/mol. The van der Waals surface area contributed by atoms with E-state index in [-0.39, 0.29) is 5.41 Å². The third-order valence-electron chi connectivity index (χ3n) is 2.29. The summed E-state index contributed by atoms with van der Waals surface area (Å²) in [6.07, 6.45) is 1.75. The predicted molar refractivity (Wildman–Crippen MR) is 66.3 cm³/mol. The standard InChI is InChI=1S/C12H14O.C2H6/c1-12(2,3)10-6-4-5-9-7-8-13-11(9)10;1-2/h4-8H,1-3H3;1-2H3. The number of fused-ring (bicyclic) bond motifs is 1. The molecular weight excluding hydrogens is 184 g/mol. The van der Waals surface area contributed by atoms with Crippen molar-refractivity contribution in [2.75, 3.05) is 0 Å². The maximum absolute atomic E-state index is 5.48. The van der Waals surface area contributed by atoms with Crippen LogP contribution < -0.4 is 0 Å². The van der Waals surface area contributed by atoms with Gasteiger partial charge >= 0.3 is 0 Å². The number of hydrogen-bond donors (Lipinski definition) is 0. The lowest BCUT2D eigenvalue weighted by Crippen LogP contribution is -2.10. The maximum atomic E-state index is 5.48. The van der Waals surface area contributed by atoms with Crippen LogP contribution in [-0.2, 0) is 5.41 Å². The van der Waals surface area contributed by atoms with Gasteiger partial charge in [-0.1, -0.05) is 52.8 Å².